The molecule has 3 aromatic carbocycles. The van der Waals surface area contributed by atoms with E-state index in [1.165, 1.54) is 0 Å². The molecule has 3 atom stereocenters. The Balaban J connectivity index is 1.63. The Hall–Kier alpha value is -2.90. The van der Waals surface area contributed by atoms with Gasteiger partial charge in [-0.15, -0.1) is 0 Å². The minimum atomic E-state index is -1.04. The molecule has 0 unspecified atom stereocenters. The zero-order valence-corrected chi connectivity index (χ0v) is 21.9. The molecule has 174 valence electrons. The van der Waals surface area contributed by atoms with E-state index in [1.807, 2.05) is 81.1 Å². The van der Waals surface area contributed by atoms with Gasteiger partial charge in [0.05, 0.1) is 6.04 Å². The summed E-state index contributed by atoms with van der Waals surface area (Å²) in [5.41, 5.74) is 4.80. The fraction of sp³-hybridized carbons (Fsp3) is 0.259. The molecule has 2 heterocycles. The van der Waals surface area contributed by atoms with Crippen LogP contribution in [0.5, 0.6) is 5.75 Å². The van der Waals surface area contributed by atoms with Crippen molar-refractivity contribution < 1.29 is 9.53 Å². The van der Waals surface area contributed by atoms with E-state index >= 15 is 0 Å². The monoisotopic (exact) mass is 535 g/mol. The van der Waals surface area contributed by atoms with Gasteiger partial charge >= 0.3 is 0 Å². The van der Waals surface area contributed by atoms with E-state index in [0.29, 0.717) is 5.11 Å². The van der Waals surface area contributed by atoms with E-state index in [9.17, 15) is 4.79 Å². The first-order valence-electron chi connectivity index (χ1n) is 11.2. The number of benzene rings is 3. The molecule has 2 bridgehead atoms. The van der Waals surface area contributed by atoms with Crippen LogP contribution in [0.2, 0.25) is 0 Å². The Morgan fingerprint density at radius 3 is 2.59 bits per heavy atom. The number of hydrogen-bond acceptors (Lipinski definition) is 3. The lowest BCUT2D eigenvalue weighted by atomic mass is 9.78. The largest absolute Gasteiger partial charge is 0.467 e. The molecule has 5 nitrogen and oxygen atoms in total. The maximum Gasteiger partial charge on any atom is 0.236 e. The third kappa shape index (κ3) is 3.77. The van der Waals surface area contributed by atoms with Crippen molar-refractivity contribution in [2.24, 2.45) is 5.92 Å². The van der Waals surface area contributed by atoms with E-state index < -0.39 is 11.6 Å². The number of carbonyl (C=O) groups excluding carboxylic acids is 1. The molecule has 34 heavy (non-hydrogen) atoms. The second kappa shape index (κ2) is 8.40. The minimum Gasteiger partial charge on any atom is -0.467 e. The first-order valence-corrected chi connectivity index (χ1v) is 12.4. The Labute approximate surface area is 213 Å². The fourth-order valence-corrected chi connectivity index (χ4v) is 5.87. The Bertz CT molecular complexity index is 1330. The topological polar surface area (TPSA) is 53.6 Å². The third-order valence-corrected chi connectivity index (χ3v) is 7.44. The van der Waals surface area contributed by atoms with Gasteiger partial charge < -0.3 is 15.4 Å². The summed E-state index contributed by atoms with van der Waals surface area (Å²) in [5.74, 6) is 0.0267. The van der Waals surface area contributed by atoms with Crippen LogP contribution in [0.15, 0.2) is 65.1 Å². The van der Waals surface area contributed by atoms with Crippen LogP contribution in [0.3, 0.4) is 0 Å². The summed E-state index contributed by atoms with van der Waals surface area (Å²) in [6.45, 7) is 8.03. The molecule has 5 rings (SSSR count). The quantitative estimate of drug-likeness (QED) is 0.392. The van der Waals surface area contributed by atoms with Crippen molar-refractivity contribution in [3.05, 3.63) is 87.4 Å². The van der Waals surface area contributed by atoms with Crippen molar-refractivity contribution in [3.8, 4) is 5.75 Å². The van der Waals surface area contributed by atoms with Crippen LogP contribution in [0.4, 0.5) is 11.4 Å². The van der Waals surface area contributed by atoms with Crippen LogP contribution in [0.1, 0.15) is 35.2 Å². The lowest BCUT2D eigenvalue weighted by Crippen LogP contribution is -2.72. The van der Waals surface area contributed by atoms with E-state index in [0.717, 1.165) is 43.9 Å². The third-order valence-electron chi connectivity index (χ3n) is 6.64. The van der Waals surface area contributed by atoms with E-state index in [4.69, 9.17) is 17.0 Å². The summed E-state index contributed by atoms with van der Waals surface area (Å²) in [4.78, 5) is 15.9. The second-order valence-corrected chi connectivity index (χ2v) is 10.5. The Morgan fingerprint density at radius 2 is 1.85 bits per heavy atom. The van der Waals surface area contributed by atoms with Gasteiger partial charge in [0, 0.05) is 21.4 Å². The molecule has 0 saturated carbocycles. The molecular formula is C27H26BrN3O2S. The SMILES string of the molecule is Cc1cccc(N2C(=S)N[C@H]3c4cc(Br)ccc4O[C@]2(C)[C@@H]3C(=O)Nc2ccc(C)cc2C)c1. The maximum absolute atomic E-state index is 14.0. The number of ether oxygens (including phenoxy) is 1. The number of nitrogens with one attached hydrogen (secondary N) is 2. The van der Waals surface area contributed by atoms with Gasteiger partial charge in [-0.1, -0.05) is 45.8 Å². The highest BCUT2D eigenvalue weighted by Gasteiger charge is 2.59. The Kier molecular flexibility index (Phi) is 5.65. The normalized spacial score (nSPS) is 23.0. The number of nitrogens with zero attached hydrogens (tertiary/aromatic N) is 1. The number of fused-ring (bicyclic) bond motifs is 4. The van der Waals surface area contributed by atoms with Crippen LogP contribution in [0, 0.1) is 26.7 Å². The molecule has 3 aromatic rings. The molecule has 2 N–H and O–H groups in total. The summed E-state index contributed by atoms with van der Waals surface area (Å²) >= 11 is 9.40. The van der Waals surface area contributed by atoms with Gasteiger partial charge in [0.15, 0.2) is 10.8 Å². The molecule has 0 spiro atoms. The number of rotatable bonds is 3. The average molecular weight is 536 g/mol. The van der Waals surface area contributed by atoms with Gasteiger partial charge in [-0.3, -0.25) is 9.69 Å². The maximum atomic E-state index is 14.0. The van der Waals surface area contributed by atoms with Gasteiger partial charge in [-0.2, -0.15) is 0 Å². The van der Waals surface area contributed by atoms with Gasteiger partial charge in [-0.05, 0) is 87.4 Å². The summed E-state index contributed by atoms with van der Waals surface area (Å²) in [6.07, 6.45) is 0. The summed E-state index contributed by atoms with van der Waals surface area (Å²) in [6, 6.07) is 19.6. The van der Waals surface area contributed by atoms with Gasteiger partial charge in [0.2, 0.25) is 5.91 Å². The summed E-state index contributed by atoms with van der Waals surface area (Å²) in [7, 11) is 0. The first kappa shape index (κ1) is 22.9. The fourth-order valence-electron chi connectivity index (χ4n) is 5.07. The summed E-state index contributed by atoms with van der Waals surface area (Å²) in [5, 5.41) is 7.15. The number of carbonyl (C=O) groups is 1. The lowest BCUT2D eigenvalue weighted by molar-refractivity contribution is -0.130. The highest BCUT2D eigenvalue weighted by atomic mass is 79.9. The number of hydrogen-bond donors (Lipinski definition) is 2. The molecule has 1 amide bonds. The molecule has 2 aliphatic heterocycles. The molecule has 2 aliphatic rings. The molecule has 0 aromatic heterocycles. The van der Waals surface area contributed by atoms with Gasteiger partial charge in [-0.25, -0.2) is 0 Å². The molecule has 7 heteroatoms. The number of aryl methyl sites for hydroxylation is 3. The minimum absolute atomic E-state index is 0.127. The van der Waals surface area contributed by atoms with Crippen LogP contribution in [0.25, 0.3) is 0 Å². The van der Waals surface area contributed by atoms with Crippen LogP contribution in [-0.2, 0) is 4.79 Å². The smallest absolute Gasteiger partial charge is 0.236 e. The van der Waals surface area contributed by atoms with Crippen molar-refractivity contribution in [2.75, 3.05) is 10.2 Å². The van der Waals surface area contributed by atoms with Crippen molar-refractivity contribution in [1.29, 1.82) is 0 Å². The first-order chi connectivity index (χ1) is 16.2. The number of amides is 1. The number of thiocarbonyl (C=S) groups is 1. The highest BCUT2D eigenvalue weighted by Crippen LogP contribution is 2.50. The van der Waals surface area contributed by atoms with Crippen molar-refractivity contribution in [2.45, 2.75) is 39.5 Å². The van der Waals surface area contributed by atoms with E-state index in [2.05, 4.69) is 38.7 Å². The van der Waals surface area contributed by atoms with Crippen LogP contribution >= 0.6 is 28.1 Å². The van der Waals surface area contributed by atoms with Gasteiger partial charge in [0.1, 0.15) is 11.7 Å². The van der Waals surface area contributed by atoms with Crippen molar-refractivity contribution >= 4 is 50.5 Å². The average Bonchev–Trinajstić information content (AvgIpc) is 2.76. The van der Waals surface area contributed by atoms with E-state index in [1.54, 1.807) is 0 Å². The molecule has 1 saturated heterocycles. The van der Waals surface area contributed by atoms with Crippen LogP contribution in [-0.4, -0.2) is 16.7 Å². The summed E-state index contributed by atoms with van der Waals surface area (Å²) < 4.78 is 7.58. The Morgan fingerprint density at radius 1 is 1.09 bits per heavy atom. The molecule has 1 fully saturated rings. The number of halogens is 1. The molecule has 0 aliphatic carbocycles. The van der Waals surface area contributed by atoms with E-state index in [-0.39, 0.29) is 11.9 Å². The molecule has 0 radical (unpaired) electrons. The van der Waals surface area contributed by atoms with Crippen LogP contribution < -0.4 is 20.3 Å². The lowest BCUT2D eigenvalue weighted by Gasteiger charge is -2.56. The predicted octanol–water partition coefficient (Wildman–Crippen LogP) is 6.17. The highest BCUT2D eigenvalue weighted by molar-refractivity contribution is 9.10. The standard InChI is InChI=1S/C27H26BrN3O2S/c1-15-6-5-7-19(13-15)31-26(34)30-24-20-14-18(28)9-11-22(20)33-27(31,4)23(24)25(32)29-21-10-8-16(2)12-17(21)3/h5-14,23-24H,1-4H3,(H,29,32)(H,30,34)/t23-,24-,27+/m0/s1. The van der Waals surface area contributed by atoms with Crippen molar-refractivity contribution in [1.82, 2.24) is 5.32 Å². The van der Waals surface area contributed by atoms with Crippen molar-refractivity contribution in [3.63, 3.8) is 0 Å². The molecular weight excluding hydrogens is 510 g/mol. The predicted molar refractivity (Wildman–Crippen MR) is 143 cm³/mol. The zero-order valence-electron chi connectivity index (χ0n) is 19.5. The zero-order chi connectivity index (χ0) is 24.2. The number of anilines is 2. The van der Waals surface area contributed by atoms with Gasteiger partial charge in [0.25, 0.3) is 0 Å². The second-order valence-electron chi connectivity index (χ2n) is 9.23.